The van der Waals surface area contributed by atoms with Gasteiger partial charge in [-0.2, -0.15) is 0 Å². The van der Waals surface area contributed by atoms with Crippen LogP contribution in [0.15, 0.2) is 18.3 Å². The lowest BCUT2D eigenvalue weighted by atomic mass is 9.95. The normalized spacial score (nSPS) is 12.6. The number of carbonyl (C=O) groups excluding carboxylic acids is 1. The topological polar surface area (TPSA) is 68.0 Å². The molecule has 1 aromatic heterocycles. The molecule has 88 valence electrons. The summed E-state index contributed by atoms with van der Waals surface area (Å²) in [5.41, 5.74) is 5.51. The van der Waals surface area contributed by atoms with Crippen molar-refractivity contribution in [2.45, 2.75) is 13.8 Å². The Morgan fingerprint density at radius 1 is 1.56 bits per heavy atom. The SMILES string of the molecule is CC(C)C(CN)C(=O)Nc1ccc(F)cn1. The summed E-state index contributed by atoms with van der Waals surface area (Å²) >= 11 is 0. The third-order valence-corrected chi connectivity index (χ3v) is 2.37. The highest BCUT2D eigenvalue weighted by atomic mass is 19.1. The van der Waals surface area contributed by atoms with Crippen LogP contribution in [0.5, 0.6) is 0 Å². The Balaban J connectivity index is 2.66. The smallest absolute Gasteiger partial charge is 0.230 e. The van der Waals surface area contributed by atoms with Crippen molar-refractivity contribution >= 4 is 11.7 Å². The van der Waals surface area contributed by atoms with Crippen molar-refractivity contribution in [3.63, 3.8) is 0 Å². The van der Waals surface area contributed by atoms with E-state index in [1.165, 1.54) is 12.1 Å². The van der Waals surface area contributed by atoms with Gasteiger partial charge < -0.3 is 11.1 Å². The zero-order valence-electron chi connectivity index (χ0n) is 9.40. The van der Waals surface area contributed by atoms with E-state index in [1.807, 2.05) is 13.8 Å². The number of aromatic nitrogens is 1. The van der Waals surface area contributed by atoms with Crippen LogP contribution in [0, 0.1) is 17.7 Å². The minimum absolute atomic E-state index is 0.158. The number of nitrogens with one attached hydrogen (secondary N) is 1. The molecule has 0 fully saturated rings. The first-order valence-electron chi connectivity index (χ1n) is 5.17. The van der Waals surface area contributed by atoms with Crippen LogP contribution in [0.1, 0.15) is 13.8 Å². The Morgan fingerprint density at radius 3 is 2.69 bits per heavy atom. The fraction of sp³-hybridized carbons (Fsp3) is 0.455. The highest BCUT2D eigenvalue weighted by Gasteiger charge is 2.20. The lowest BCUT2D eigenvalue weighted by Gasteiger charge is -2.17. The van der Waals surface area contributed by atoms with Gasteiger partial charge in [0, 0.05) is 6.54 Å². The fourth-order valence-corrected chi connectivity index (χ4v) is 1.35. The highest BCUT2D eigenvalue weighted by molar-refractivity contribution is 5.91. The number of pyridine rings is 1. The molecule has 1 heterocycles. The predicted molar refractivity (Wildman–Crippen MR) is 60.2 cm³/mol. The molecule has 0 radical (unpaired) electrons. The number of hydrogen-bond donors (Lipinski definition) is 2. The maximum atomic E-state index is 12.6. The molecule has 1 rings (SSSR count). The van der Waals surface area contributed by atoms with Crippen LogP contribution < -0.4 is 11.1 Å². The first-order valence-corrected chi connectivity index (χ1v) is 5.17. The summed E-state index contributed by atoms with van der Waals surface area (Å²) in [6.07, 6.45) is 1.06. The minimum Gasteiger partial charge on any atom is -0.330 e. The van der Waals surface area contributed by atoms with Crippen molar-refractivity contribution in [2.75, 3.05) is 11.9 Å². The maximum absolute atomic E-state index is 12.6. The number of nitrogens with two attached hydrogens (primary N) is 1. The van der Waals surface area contributed by atoms with E-state index < -0.39 is 5.82 Å². The second-order valence-corrected chi connectivity index (χ2v) is 3.94. The second kappa shape index (κ2) is 5.55. The van der Waals surface area contributed by atoms with Crippen LogP contribution in [0.3, 0.4) is 0 Å². The second-order valence-electron chi connectivity index (χ2n) is 3.94. The fourth-order valence-electron chi connectivity index (χ4n) is 1.35. The molecule has 0 aliphatic rings. The lowest BCUT2D eigenvalue weighted by Crippen LogP contribution is -2.33. The van der Waals surface area contributed by atoms with Crippen LogP contribution in [0.25, 0.3) is 0 Å². The van der Waals surface area contributed by atoms with Crippen molar-refractivity contribution in [1.82, 2.24) is 4.98 Å². The summed E-state index contributed by atoms with van der Waals surface area (Å²) in [4.78, 5) is 15.5. The number of anilines is 1. The van der Waals surface area contributed by atoms with Crippen LogP contribution in [-0.4, -0.2) is 17.4 Å². The minimum atomic E-state index is -0.433. The van der Waals surface area contributed by atoms with Gasteiger partial charge in [0.1, 0.15) is 11.6 Å². The van der Waals surface area contributed by atoms with Gasteiger partial charge in [0.15, 0.2) is 0 Å². The third kappa shape index (κ3) is 3.27. The summed E-state index contributed by atoms with van der Waals surface area (Å²) in [5.74, 6) is -0.378. The number of carbonyl (C=O) groups is 1. The average molecular weight is 225 g/mol. The van der Waals surface area contributed by atoms with Gasteiger partial charge >= 0.3 is 0 Å². The largest absolute Gasteiger partial charge is 0.330 e. The van der Waals surface area contributed by atoms with Crippen LogP contribution >= 0.6 is 0 Å². The van der Waals surface area contributed by atoms with Gasteiger partial charge in [0.05, 0.1) is 12.1 Å². The number of hydrogen-bond acceptors (Lipinski definition) is 3. The number of rotatable bonds is 4. The molecule has 1 amide bonds. The molecule has 3 N–H and O–H groups in total. The van der Waals surface area contributed by atoms with E-state index in [4.69, 9.17) is 5.73 Å². The van der Waals surface area contributed by atoms with E-state index >= 15 is 0 Å². The molecule has 5 heteroatoms. The number of nitrogens with zero attached hydrogens (tertiary/aromatic N) is 1. The summed E-state index contributed by atoms with van der Waals surface area (Å²) < 4.78 is 12.6. The molecule has 16 heavy (non-hydrogen) atoms. The Bertz CT molecular complexity index is 351. The van der Waals surface area contributed by atoms with Gasteiger partial charge in [0.25, 0.3) is 0 Å². The monoisotopic (exact) mass is 225 g/mol. The molecule has 1 atom stereocenters. The molecular weight excluding hydrogens is 209 g/mol. The van der Waals surface area contributed by atoms with Gasteiger partial charge in [-0.15, -0.1) is 0 Å². The van der Waals surface area contributed by atoms with Gasteiger partial charge in [-0.25, -0.2) is 9.37 Å². The van der Waals surface area contributed by atoms with Crippen molar-refractivity contribution < 1.29 is 9.18 Å². The van der Waals surface area contributed by atoms with Gasteiger partial charge in [-0.05, 0) is 18.1 Å². The Hall–Kier alpha value is -1.49. The van der Waals surface area contributed by atoms with Crippen molar-refractivity contribution in [3.05, 3.63) is 24.1 Å². The number of halogens is 1. The maximum Gasteiger partial charge on any atom is 0.230 e. The predicted octanol–water partition coefficient (Wildman–Crippen LogP) is 1.39. The molecule has 0 saturated carbocycles. The quantitative estimate of drug-likeness (QED) is 0.813. The Labute approximate surface area is 94.1 Å². The van der Waals surface area contributed by atoms with Crippen molar-refractivity contribution in [2.24, 2.45) is 17.6 Å². The zero-order valence-corrected chi connectivity index (χ0v) is 9.40. The summed E-state index contributed by atoms with van der Waals surface area (Å²) in [6.45, 7) is 4.13. The first kappa shape index (κ1) is 12.6. The van der Waals surface area contributed by atoms with Crippen LogP contribution in [0.2, 0.25) is 0 Å². The Morgan fingerprint density at radius 2 is 2.25 bits per heavy atom. The Kier molecular flexibility index (Phi) is 4.37. The highest BCUT2D eigenvalue weighted by Crippen LogP contribution is 2.12. The van der Waals surface area contributed by atoms with E-state index in [2.05, 4.69) is 10.3 Å². The molecule has 1 unspecified atom stereocenters. The van der Waals surface area contributed by atoms with E-state index in [9.17, 15) is 9.18 Å². The lowest BCUT2D eigenvalue weighted by molar-refractivity contribution is -0.120. The van der Waals surface area contributed by atoms with E-state index in [1.54, 1.807) is 0 Å². The van der Waals surface area contributed by atoms with Crippen molar-refractivity contribution in [1.29, 1.82) is 0 Å². The van der Waals surface area contributed by atoms with Gasteiger partial charge in [0.2, 0.25) is 5.91 Å². The van der Waals surface area contributed by atoms with Gasteiger partial charge in [-0.1, -0.05) is 13.8 Å². The van der Waals surface area contributed by atoms with Crippen LogP contribution in [-0.2, 0) is 4.79 Å². The molecule has 0 spiro atoms. The molecule has 0 bridgehead atoms. The molecular formula is C11H16FN3O. The first-order chi connectivity index (χ1) is 7.54. The third-order valence-electron chi connectivity index (χ3n) is 2.37. The molecule has 0 saturated heterocycles. The number of amides is 1. The molecule has 4 nitrogen and oxygen atoms in total. The standard InChI is InChI=1S/C11H16FN3O/c1-7(2)9(5-13)11(16)15-10-4-3-8(12)6-14-10/h3-4,6-7,9H,5,13H2,1-2H3,(H,14,15,16). The summed E-state index contributed by atoms with van der Waals surface area (Å²) in [6, 6.07) is 2.66. The molecule has 0 aliphatic carbocycles. The van der Waals surface area contributed by atoms with E-state index in [-0.39, 0.29) is 24.3 Å². The van der Waals surface area contributed by atoms with E-state index in [0.717, 1.165) is 6.20 Å². The van der Waals surface area contributed by atoms with Crippen LogP contribution in [0.4, 0.5) is 10.2 Å². The zero-order chi connectivity index (χ0) is 12.1. The molecule has 1 aromatic rings. The van der Waals surface area contributed by atoms with Crippen molar-refractivity contribution in [3.8, 4) is 0 Å². The summed E-state index contributed by atoms with van der Waals surface area (Å²) in [5, 5.41) is 2.60. The average Bonchev–Trinajstić information content (AvgIpc) is 2.22. The molecule has 0 aromatic carbocycles. The van der Waals surface area contributed by atoms with Gasteiger partial charge in [-0.3, -0.25) is 4.79 Å². The van der Waals surface area contributed by atoms with E-state index in [0.29, 0.717) is 5.82 Å². The molecule has 0 aliphatic heterocycles. The summed E-state index contributed by atoms with van der Waals surface area (Å²) in [7, 11) is 0.